The predicted molar refractivity (Wildman–Crippen MR) is 51.1 cm³/mol. The lowest BCUT2D eigenvalue weighted by atomic mass is 10.0. The van der Waals surface area contributed by atoms with Crippen molar-refractivity contribution in [2.24, 2.45) is 5.92 Å². The SMILES string of the molecule is CCC1CCCC1NC[C@H](C)O. The van der Waals surface area contributed by atoms with E-state index >= 15 is 0 Å². The minimum absolute atomic E-state index is 0.205. The molecule has 12 heavy (non-hydrogen) atoms. The van der Waals surface area contributed by atoms with Gasteiger partial charge in [0, 0.05) is 12.6 Å². The van der Waals surface area contributed by atoms with Crippen molar-refractivity contribution >= 4 is 0 Å². The zero-order valence-corrected chi connectivity index (χ0v) is 8.21. The molecule has 1 rings (SSSR count). The number of hydrogen-bond donors (Lipinski definition) is 2. The smallest absolute Gasteiger partial charge is 0.0636 e. The van der Waals surface area contributed by atoms with Gasteiger partial charge in [-0.3, -0.25) is 0 Å². The van der Waals surface area contributed by atoms with Crippen molar-refractivity contribution in [2.75, 3.05) is 6.54 Å². The van der Waals surface area contributed by atoms with Crippen LogP contribution in [0.15, 0.2) is 0 Å². The van der Waals surface area contributed by atoms with E-state index in [0.29, 0.717) is 6.04 Å². The van der Waals surface area contributed by atoms with Gasteiger partial charge in [0.05, 0.1) is 6.10 Å². The maximum Gasteiger partial charge on any atom is 0.0636 e. The third kappa shape index (κ3) is 2.76. The molecule has 72 valence electrons. The van der Waals surface area contributed by atoms with Crippen LogP contribution in [0.1, 0.15) is 39.5 Å². The Kier molecular flexibility index (Phi) is 4.02. The fourth-order valence-corrected chi connectivity index (χ4v) is 2.12. The van der Waals surface area contributed by atoms with Crippen LogP contribution in [-0.2, 0) is 0 Å². The lowest BCUT2D eigenvalue weighted by molar-refractivity contribution is 0.181. The summed E-state index contributed by atoms with van der Waals surface area (Å²) >= 11 is 0. The molecule has 1 aliphatic carbocycles. The second-order valence-corrected chi connectivity index (χ2v) is 3.96. The summed E-state index contributed by atoms with van der Waals surface area (Å²) in [6.45, 7) is 4.84. The Morgan fingerprint density at radius 2 is 2.25 bits per heavy atom. The van der Waals surface area contributed by atoms with Crippen molar-refractivity contribution in [3.63, 3.8) is 0 Å². The van der Waals surface area contributed by atoms with Gasteiger partial charge in [-0.25, -0.2) is 0 Å². The second-order valence-electron chi connectivity index (χ2n) is 3.96. The molecule has 0 heterocycles. The standard InChI is InChI=1S/C10H21NO/c1-3-9-5-4-6-10(9)11-7-8(2)12/h8-12H,3-7H2,1-2H3/t8-,9?,10?/m0/s1. The van der Waals surface area contributed by atoms with Gasteiger partial charge in [0.1, 0.15) is 0 Å². The predicted octanol–water partition coefficient (Wildman–Crippen LogP) is 1.54. The second kappa shape index (κ2) is 4.83. The molecule has 2 heteroatoms. The summed E-state index contributed by atoms with van der Waals surface area (Å²) in [5.74, 6) is 0.851. The average Bonchev–Trinajstić information content (AvgIpc) is 2.47. The first-order valence-electron chi connectivity index (χ1n) is 5.15. The van der Waals surface area contributed by atoms with E-state index in [1.54, 1.807) is 0 Å². The highest BCUT2D eigenvalue weighted by atomic mass is 16.3. The Bertz CT molecular complexity index is 125. The third-order valence-corrected chi connectivity index (χ3v) is 2.86. The van der Waals surface area contributed by atoms with Crippen LogP contribution in [-0.4, -0.2) is 23.8 Å². The van der Waals surface area contributed by atoms with Gasteiger partial charge >= 0.3 is 0 Å². The van der Waals surface area contributed by atoms with E-state index in [2.05, 4.69) is 12.2 Å². The summed E-state index contributed by atoms with van der Waals surface area (Å²) in [6.07, 6.45) is 5.09. The Labute approximate surface area is 75.4 Å². The molecule has 2 nitrogen and oxygen atoms in total. The average molecular weight is 171 g/mol. The molecule has 2 N–H and O–H groups in total. The first-order valence-corrected chi connectivity index (χ1v) is 5.15. The highest BCUT2D eigenvalue weighted by molar-refractivity contribution is 4.82. The van der Waals surface area contributed by atoms with Crippen molar-refractivity contribution in [3.8, 4) is 0 Å². The third-order valence-electron chi connectivity index (χ3n) is 2.86. The van der Waals surface area contributed by atoms with E-state index in [9.17, 15) is 0 Å². The summed E-state index contributed by atoms with van der Waals surface area (Å²) in [5.41, 5.74) is 0. The molecule has 1 fully saturated rings. The molecule has 3 atom stereocenters. The van der Waals surface area contributed by atoms with Crippen LogP contribution in [0.5, 0.6) is 0 Å². The molecule has 0 aromatic heterocycles. The van der Waals surface area contributed by atoms with E-state index < -0.39 is 0 Å². The van der Waals surface area contributed by atoms with Crippen LogP contribution in [0, 0.1) is 5.92 Å². The first-order chi connectivity index (χ1) is 5.74. The maximum absolute atomic E-state index is 9.11. The molecule has 1 aliphatic rings. The minimum atomic E-state index is -0.205. The Morgan fingerprint density at radius 3 is 2.83 bits per heavy atom. The molecule has 0 aromatic carbocycles. The zero-order chi connectivity index (χ0) is 8.97. The summed E-state index contributed by atoms with van der Waals surface area (Å²) < 4.78 is 0. The van der Waals surface area contributed by atoms with Gasteiger partial charge in [-0.05, 0) is 25.7 Å². The molecular weight excluding hydrogens is 150 g/mol. The Balaban J connectivity index is 2.21. The van der Waals surface area contributed by atoms with E-state index in [1.165, 1.54) is 25.7 Å². The summed E-state index contributed by atoms with van der Waals surface area (Å²) in [4.78, 5) is 0. The van der Waals surface area contributed by atoms with Gasteiger partial charge in [-0.15, -0.1) is 0 Å². The van der Waals surface area contributed by atoms with Crippen molar-refractivity contribution in [1.82, 2.24) is 5.32 Å². The van der Waals surface area contributed by atoms with Crippen LogP contribution < -0.4 is 5.32 Å². The largest absolute Gasteiger partial charge is 0.392 e. The highest BCUT2D eigenvalue weighted by Gasteiger charge is 2.24. The summed E-state index contributed by atoms with van der Waals surface area (Å²) in [7, 11) is 0. The molecule has 0 saturated heterocycles. The number of aliphatic hydroxyl groups excluding tert-OH is 1. The monoisotopic (exact) mass is 171 g/mol. The number of hydrogen-bond acceptors (Lipinski definition) is 2. The number of aliphatic hydroxyl groups is 1. The molecule has 2 unspecified atom stereocenters. The summed E-state index contributed by atoms with van der Waals surface area (Å²) in [6, 6.07) is 0.671. The Morgan fingerprint density at radius 1 is 1.50 bits per heavy atom. The molecule has 0 aliphatic heterocycles. The lowest BCUT2D eigenvalue weighted by Gasteiger charge is -2.20. The maximum atomic E-state index is 9.11. The van der Waals surface area contributed by atoms with Gasteiger partial charge in [0.25, 0.3) is 0 Å². The quantitative estimate of drug-likeness (QED) is 0.672. The number of nitrogens with one attached hydrogen (secondary N) is 1. The fourth-order valence-electron chi connectivity index (χ4n) is 2.12. The lowest BCUT2D eigenvalue weighted by Crippen LogP contribution is -2.36. The van der Waals surface area contributed by atoms with Crippen LogP contribution in [0.2, 0.25) is 0 Å². The van der Waals surface area contributed by atoms with Crippen molar-refractivity contribution < 1.29 is 5.11 Å². The van der Waals surface area contributed by atoms with Crippen LogP contribution in [0.3, 0.4) is 0 Å². The van der Waals surface area contributed by atoms with Gasteiger partial charge in [-0.2, -0.15) is 0 Å². The van der Waals surface area contributed by atoms with E-state index in [0.717, 1.165) is 12.5 Å². The van der Waals surface area contributed by atoms with E-state index in [1.807, 2.05) is 6.92 Å². The van der Waals surface area contributed by atoms with Gasteiger partial charge in [0.2, 0.25) is 0 Å². The molecule has 1 saturated carbocycles. The van der Waals surface area contributed by atoms with E-state index in [-0.39, 0.29) is 6.10 Å². The van der Waals surface area contributed by atoms with Crippen molar-refractivity contribution in [3.05, 3.63) is 0 Å². The summed E-state index contributed by atoms with van der Waals surface area (Å²) in [5, 5.41) is 12.5. The molecule has 0 amide bonds. The van der Waals surface area contributed by atoms with Gasteiger partial charge < -0.3 is 10.4 Å². The van der Waals surface area contributed by atoms with Crippen LogP contribution in [0.4, 0.5) is 0 Å². The molecule has 0 radical (unpaired) electrons. The van der Waals surface area contributed by atoms with Gasteiger partial charge in [0.15, 0.2) is 0 Å². The van der Waals surface area contributed by atoms with Gasteiger partial charge in [-0.1, -0.05) is 19.8 Å². The highest BCUT2D eigenvalue weighted by Crippen LogP contribution is 2.27. The molecule has 0 spiro atoms. The molecule has 0 bridgehead atoms. The Hall–Kier alpha value is -0.0800. The normalized spacial score (nSPS) is 32.2. The first kappa shape index (κ1) is 10.0. The topological polar surface area (TPSA) is 32.3 Å². The fraction of sp³-hybridized carbons (Fsp3) is 1.00. The molecule has 0 aromatic rings. The minimum Gasteiger partial charge on any atom is -0.392 e. The van der Waals surface area contributed by atoms with Crippen LogP contribution in [0.25, 0.3) is 0 Å². The molecular formula is C10H21NO. The van der Waals surface area contributed by atoms with Crippen molar-refractivity contribution in [2.45, 2.75) is 51.7 Å². The van der Waals surface area contributed by atoms with Crippen LogP contribution >= 0.6 is 0 Å². The zero-order valence-electron chi connectivity index (χ0n) is 8.21. The number of rotatable bonds is 4. The van der Waals surface area contributed by atoms with Crippen molar-refractivity contribution in [1.29, 1.82) is 0 Å². The van der Waals surface area contributed by atoms with E-state index in [4.69, 9.17) is 5.11 Å².